The van der Waals surface area contributed by atoms with Crippen LogP contribution < -0.4 is 0 Å². The van der Waals surface area contributed by atoms with Crippen LogP contribution in [0.25, 0.3) is 0 Å². The van der Waals surface area contributed by atoms with Gasteiger partial charge >= 0.3 is 0 Å². The first-order chi connectivity index (χ1) is 14.3. The number of aliphatic hydroxyl groups excluding tert-OH is 3. The first kappa shape index (κ1) is 24.9. The Morgan fingerprint density at radius 2 is 1.87 bits per heavy atom. The quantitative estimate of drug-likeness (QED) is 0.539. The topological polar surface area (TPSA) is 79.2 Å². The standard InChI is InChI=1S/C26H44O5/c1-8-25(6,31-23-22(29)21(28)20(27)17(3)30-23)15-12-18-16(2)10-11-19-24(4,5)13-9-14-26(18,19)7/h8,10,17-23,27-29H,1,9,11-15H2,2-7H3/t17?,18-,19-,20+,21+,22?,23-,25-,26+/m0/s1. The lowest BCUT2D eigenvalue weighted by Crippen LogP contribution is -2.58. The molecule has 9 atom stereocenters. The minimum absolute atomic E-state index is 0.276. The maximum atomic E-state index is 10.4. The van der Waals surface area contributed by atoms with Crippen molar-refractivity contribution in [1.82, 2.24) is 0 Å². The summed E-state index contributed by atoms with van der Waals surface area (Å²) >= 11 is 0. The summed E-state index contributed by atoms with van der Waals surface area (Å²) < 4.78 is 11.9. The van der Waals surface area contributed by atoms with Crippen LogP contribution in [0.4, 0.5) is 0 Å². The number of fused-ring (bicyclic) bond motifs is 1. The maximum Gasteiger partial charge on any atom is 0.187 e. The van der Waals surface area contributed by atoms with E-state index in [1.807, 2.05) is 6.92 Å². The Morgan fingerprint density at radius 3 is 2.52 bits per heavy atom. The highest BCUT2D eigenvalue weighted by Gasteiger charge is 2.52. The Kier molecular flexibility index (Phi) is 7.16. The first-order valence-corrected chi connectivity index (χ1v) is 12.0. The van der Waals surface area contributed by atoms with Crippen LogP contribution in [0.2, 0.25) is 0 Å². The largest absolute Gasteiger partial charge is 0.388 e. The Bertz CT molecular complexity index is 687. The van der Waals surface area contributed by atoms with Crippen molar-refractivity contribution in [2.24, 2.45) is 22.7 Å². The smallest absolute Gasteiger partial charge is 0.187 e. The van der Waals surface area contributed by atoms with Gasteiger partial charge in [-0.1, -0.05) is 44.9 Å². The van der Waals surface area contributed by atoms with E-state index in [9.17, 15) is 15.3 Å². The molecule has 1 saturated heterocycles. The molecular formula is C26H44O5. The fourth-order valence-corrected chi connectivity index (χ4v) is 6.71. The average Bonchev–Trinajstić information content (AvgIpc) is 2.69. The van der Waals surface area contributed by atoms with Gasteiger partial charge in [0.05, 0.1) is 11.7 Å². The summed E-state index contributed by atoms with van der Waals surface area (Å²) in [5, 5.41) is 30.5. The number of hydrogen-bond acceptors (Lipinski definition) is 5. The number of rotatable bonds is 6. The summed E-state index contributed by atoms with van der Waals surface area (Å²) in [6.07, 6.45) is 5.58. The molecule has 5 heteroatoms. The van der Waals surface area contributed by atoms with Crippen LogP contribution in [0.5, 0.6) is 0 Å². The van der Waals surface area contributed by atoms with Crippen LogP contribution in [-0.2, 0) is 9.47 Å². The number of ether oxygens (including phenoxy) is 2. The molecule has 2 fully saturated rings. The van der Waals surface area contributed by atoms with Crippen molar-refractivity contribution in [2.45, 2.75) is 116 Å². The number of aliphatic hydroxyl groups is 3. The highest BCUT2D eigenvalue weighted by molar-refractivity contribution is 5.18. The Morgan fingerprint density at radius 1 is 1.19 bits per heavy atom. The summed E-state index contributed by atoms with van der Waals surface area (Å²) in [5.41, 5.74) is 1.40. The van der Waals surface area contributed by atoms with E-state index < -0.39 is 36.3 Å². The molecular weight excluding hydrogens is 392 g/mol. The Balaban J connectivity index is 1.74. The van der Waals surface area contributed by atoms with Crippen LogP contribution >= 0.6 is 0 Å². The molecule has 1 saturated carbocycles. The molecule has 1 aliphatic heterocycles. The molecule has 0 radical (unpaired) electrons. The lowest BCUT2D eigenvalue weighted by atomic mass is 9.48. The fraction of sp³-hybridized carbons (Fsp3) is 0.846. The molecule has 0 aromatic rings. The molecule has 3 aliphatic rings. The Hall–Kier alpha value is -0.720. The van der Waals surface area contributed by atoms with Crippen molar-refractivity contribution >= 4 is 0 Å². The van der Waals surface area contributed by atoms with E-state index in [4.69, 9.17) is 9.47 Å². The number of allylic oxidation sites excluding steroid dienone is 2. The summed E-state index contributed by atoms with van der Waals surface area (Å²) in [7, 11) is 0. The molecule has 0 bridgehead atoms. The zero-order chi connectivity index (χ0) is 23.2. The van der Waals surface area contributed by atoms with Crippen LogP contribution in [-0.4, -0.2) is 51.6 Å². The third kappa shape index (κ3) is 4.67. The van der Waals surface area contributed by atoms with Gasteiger partial charge in [-0.15, -0.1) is 6.58 Å². The second-order valence-corrected chi connectivity index (χ2v) is 11.5. The average molecular weight is 437 g/mol. The molecule has 178 valence electrons. The third-order valence-electron chi connectivity index (χ3n) is 8.85. The van der Waals surface area contributed by atoms with Crippen molar-refractivity contribution < 1.29 is 24.8 Å². The van der Waals surface area contributed by atoms with Crippen LogP contribution in [0, 0.1) is 22.7 Å². The van der Waals surface area contributed by atoms with Gasteiger partial charge in [-0.2, -0.15) is 0 Å². The van der Waals surface area contributed by atoms with Gasteiger partial charge in [-0.25, -0.2) is 0 Å². The predicted octanol–water partition coefficient (Wildman–Crippen LogP) is 4.35. The van der Waals surface area contributed by atoms with Gasteiger partial charge in [-0.3, -0.25) is 0 Å². The van der Waals surface area contributed by atoms with E-state index in [2.05, 4.69) is 40.3 Å². The highest BCUT2D eigenvalue weighted by Crippen LogP contribution is 2.60. The van der Waals surface area contributed by atoms with Gasteiger partial charge < -0.3 is 24.8 Å². The van der Waals surface area contributed by atoms with E-state index in [0.717, 1.165) is 12.8 Å². The molecule has 0 spiro atoms. The fourth-order valence-electron chi connectivity index (χ4n) is 6.71. The first-order valence-electron chi connectivity index (χ1n) is 12.0. The third-order valence-corrected chi connectivity index (χ3v) is 8.85. The monoisotopic (exact) mass is 436 g/mol. The molecule has 31 heavy (non-hydrogen) atoms. The minimum Gasteiger partial charge on any atom is -0.388 e. The zero-order valence-electron chi connectivity index (χ0n) is 20.3. The van der Waals surface area contributed by atoms with E-state index in [-0.39, 0.29) is 5.41 Å². The van der Waals surface area contributed by atoms with Gasteiger partial charge in [0, 0.05) is 0 Å². The van der Waals surface area contributed by atoms with E-state index in [1.165, 1.54) is 31.3 Å². The molecule has 0 amide bonds. The minimum atomic E-state index is -1.30. The van der Waals surface area contributed by atoms with Crippen molar-refractivity contribution in [2.75, 3.05) is 0 Å². The van der Waals surface area contributed by atoms with E-state index in [1.54, 1.807) is 13.0 Å². The lowest BCUT2D eigenvalue weighted by Gasteiger charge is -2.57. The second kappa shape index (κ2) is 8.90. The molecule has 5 nitrogen and oxygen atoms in total. The number of hydrogen-bond donors (Lipinski definition) is 3. The van der Waals surface area contributed by atoms with Gasteiger partial charge in [-0.05, 0) is 75.5 Å². The predicted molar refractivity (Wildman–Crippen MR) is 122 cm³/mol. The zero-order valence-corrected chi connectivity index (χ0v) is 20.3. The van der Waals surface area contributed by atoms with Crippen LogP contribution in [0.15, 0.2) is 24.3 Å². The van der Waals surface area contributed by atoms with Gasteiger partial charge in [0.2, 0.25) is 0 Å². The molecule has 1 heterocycles. The van der Waals surface area contributed by atoms with Gasteiger partial charge in [0.25, 0.3) is 0 Å². The lowest BCUT2D eigenvalue weighted by molar-refractivity contribution is -0.313. The summed E-state index contributed by atoms with van der Waals surface area (Å²) in [4.78, 5) is 0. The molecule has 2 aliphatic carbocycles. The summed E-state index contributed by atoms with van der Waals surface area (Å²) in [5.74, 6) is 1.16. The molecule has 3 N–H and O–H groups in total. The molecule has 3 rings (SSSR count). The summed E-state index contributed by atoms with van der Waals surface area (Å²) in [6, 6.07) is 0. The van der Waals surface area contributed by atoms with Crippen molar-refractivity contribution in [3.05, 3.63) is 24.3 Å². The second-order valence-electron chi connectivity index (χ2n) is 11.5. The van der Waals surface area contributed by atoms with Crippen molar-refractivity contribution in [3.63, 3.8) is 0 Å². The van der Waals surface area contributed by atoms with Crippen molar-refractivity contribution in [1.29, 1.82) is 0 Å². The molecule has 0 aromatic carbocycles. The van der Waals surface area contributed by atoms with Crippen LogP contribution in [0.1, 0.15) is 80.1 Å². The summed E-state index contributed by atoms with van der Waals surface area (Å²) in [6.45, 7) is 17.2. The SMILES string of the molecule is C=C[C@@](C)(CC[C@H]1C(C)=CC[C@H]2C(C)(C)CCC[C@]12C)O[C@@H]1OC(C)[C@@H](O)[C@@H](O)C1O. The van der Waals surface area contributed by atoms with Crippen LogP contribution in [0.3, 0.4) is 0 Å². The maximum absolute atomic E-state index is 10.4. The van der Waals surface area contributed by atoms with Crippen molar-refractivity contribution in [3.8, 4) is 0 Å². The van der Waals surface area contributed by atoms with E-state index in [0.29, 0.717) is 17.3 Å². The highest BCUT2D eigenvalue weighted by atomic mass is 16.7. The Labute approximate surface area is 188 Å². The molecule has 2 unspecified atom stereocenters. The normalized spacial score (nSPS) is 44.7. The van der Waals surface area contributed by atoms with Gasteiger partial charge in [0.1, 0.15) is 18.3 Å². The molecule has 0 aromatic heterocycles. The van der Waals surface area contributed by atoms with Gasteiger partial charge in [0.15, 0.2) is 6.29 Å². The van der Waals surface area contributed by atoms with E-state index >= 15 is 0 Å².